The van der Waals surface area contributed by atoms with Crippen molar-refractivity contribution in [2.24, 2.45) is 7.05 Å². The number of carboxylic acids is 1. The zero-order valence-corrected chi connectivity index (χ0v) is 8.86. The van der Waals surface area contributed by atoms with Gasteiger partial charge in [0.25, 0.3) is 0 Å². The van der Waals surface area contributed by atoms with Crippen LogP contribution in [0.2, 0.25) is 0 Å². The van der Waals surface area contributed by atoms with Crippen LogP contribution in [0.25, 0.3) is 0 Å². The second-order valence-electron chi connectivity index (χ2n) is 3.23. The first-order chi connectivity index (χ1) is 8.06. The van der Waals surface area contributed by atoms with Crippen LogP contribution < -0.4 is 10.5 Å². The first-order valence-corrected chi connectivity index (χ1v) is 4.58. The molecule has 3 N–H and O–H groups in total. The summed E-state index contributed by atoms with van der Waals surface area (Å²) in [4.78, 5) is 18.3. The molecule has 0 aliphatic rings. The average molecular weight is 235 g/mol. The van der Waals surface area contributed by atoms with Gasteiger partial charge in [-0.3, -0.25) is 4.68 Å². The molecule has 2 aromatic heterocycles. The molecule has 8 nitrogen and oxygen atoms in total. The van der Waals surface area contributed by atoms with Gasteiger partial charge in [-0.15, -0.1) is 5.10 Å². The molecule has 0 saturated heterocycles. The highest BCUT2D eigenvalue weighted by Crippen LogP contribution is 2.22. The van der Waals surface area contributed by atoms with Crippen LogP contribution in [0.15, 0.2) is 18.6 Å². The number of nitrogens with two attached hydrogens (primary N) is 1. The molecule has 0 fully saturated rings. The van der Waals surface area contributed by atoms with Crippen molar-refractivity contribution >= 4 is 11.7 Å². The van der Waals surface area contributed by atoms with E-state index in [1.807, 2.05) is 0 Å². The molecule has 2 heterocycles. The van der Waals surface area contributed by atoms with Gasteiger partial charge in [0.15, 0.2) is 0 Å². The van der Waals surface area contributed by atoms with Gasteiger partial charge < -0.3 is 15.6 Å². The normalized spacial score (nSPS) is 10.2. The monoisotopic (exact) mass is 235 g/mol. The standard InChI is InChI=1S/C9H9N5O3/c1-14-4-12-9(13-14)17-7-6(10)2-5(3-11-7)8(15)16/h2-4H,10H2,1H3,(H,15,16). The van der Waals surface area contributed by atoms with E-state index in [9.17, 15) is 4.79 Å². The van der Waals surface area contributed by atoms with E-state index in [-0.39, 0.29) is 23.1 Å². The fourth-order valence-corrected chi connectivity index (χ4v) is 1.12. The van der Waals surface area contributed by atoms with Gasteiger partial charge >= 0.3 is 12.0 Å². The number of carbonyl (C=O) groups is 1. The third-order valence-electron chi connectivity index (χ3n) is 1.89. The van der Waals surface area contributed by atoms with Crippen LogP contribution in [0.4, 0.5) is 5.69 Å². The Morgan fingerprint density at radius 2 is 2.29 bits per heavy atom. The van der Waals surface area contributed by atoms with E-state index in [4.69, 9.17) is 15.6 Å². The number of aromatic nitrogens is 4. The molecule has 0 atom stereocenters. The van der Waals surface area contributed by atoms with Gasteiger partial charge in [-0.25, -0.2) is 9.78 Å². The van der Waals surface area contributed by atoms with Crippen LogP contribution in [-0.4, -0.2) is 30.8 Å². The molecule has 0 aromatic carbocycles. The lowest BCUT2D eigenvalue weighted by Crippen LogP contribution is -2.02. The number of aromatic carboxylic acids is 1. The lowest BCUT2D eigenvalue weighted by molar-refractivity contribution is 0.0696. The molecule has 0 bridgehead atoms. The third-order valence-corrected chi connectivity index (χ3v) is 1.89. The van der Waals surface area contributed by atoms with E-state index >= 15 is 0 Å². The van der Waals surface area contributed by atoms with Gasteiger partial charge in [0, 0.05) is 13.2 Å². The van der Waals surface area contributed by atoms with E-state index in [2.05, 4.69) is 15.1 Å². The molecule has 17 heavy (non-hydrogen) atoms. The smallest absolute Gasteiger partial charge is 0.342 e. The minimum atomic E-state index is -1.10. The van der Waals surface area contributed by atoms with E-state index in [1.54, 1.807) is 7.05 Å². The van der Waals surface area contributed by atoms with Gasteiger partial charge in [-0.05, 0) is 6.07 Å². The summed E-state index contributed by atoms with van der Waals surface area (Å²) in [5.74, 6) is -1.03. The zero-order chi connectivity index (χ0) is 12.4. The van der Waals surface area contributed by atoms with Crippen molar-refractivity contribution in [3.05, 3.63) is 24.2 Å². The number of ether oxygens (including phenoxy) is 1. The van der Waals surface area contributed by atoms with E-state index in [1.165, 1.54) is 17.1 Å². The maximum absolute atomic E-state index is 10.7. The number of pyridine rings is 1. The largest absolute Gasteiger partial charge is 0.478 e. The van der Waals surface area contributed by atoms with Crippen molar-refractivity contribution in [2.75, 3.05) is 5.73 Å². The molecule has 88 valence electrons. The number of anilines is 1. The van der Waals surface area contributed by atoms with Crippen molar-refractivity contribution < 1.29 is 14.6 Å². The first kappa shape index (κ1) is 10.9. The Labute approximate surface area is 95.7 Å². The lowest BCUT2D eigenvalue weighted by atomic mass is 10.2. The van der Waals surface area contributed by atoms with Gasteiger partial charge in [0.1, 0.15) is 6.33 Å². The van der Waals surface area contributed by atoms with Gasteiger partial charge in [0.05, 0.1) is 11.3 Å². The van der Waals surface area contributed by atoms with Crippen LogP contribution in [0.5, 0.6) is 11.9 Å². The van der Waals surface area contributed by atoms with Gasteiger partial charge in [0.2, 0.25) is 5.88 Å². The first-order valence-electron chi connectivity index (χ1n) is 4.58. The Kier molecular flexibility index (Phi) is 2.61. The Hall–Kier alpha value is -2.64. The van der Waals surface area contributed by atoms with Crippen LogP contribution in [-0.2, 0) is 7.05 Å². The van der Waals surface area contributed by atoms with Crippen LogP contribution in [0, 0.1) is 0 Å². The Balaban J connectivity index is 2.25. The minimum absolute atomic E-state index is 0.0103. The quantitative estimate of drug-likeness (QED) is 0.784. The molecule has 2 rings (SSSR count). The van der Waals surface area contributed by atoms with Crippen molar-refractivity contribution in [1.82, 2.24) is 19.7 Å². The summed E-state index contributed by atoms with van der Waals surface area (Å²) >= 11 is 0. The summed E-state index contributed by atoms with van der Waals surface area (Å²) in [5, 5.41) is 12.6. The zero-order valence-electron chi connectivity index (χ0n) is 8.86. The molecule has 0 unspecified atom stereocenters. The Bertz CT molecular complexity index is 566. The second kappa shape index (κ2) is 4.08. The van der Waals surface area contributed by atoms with Crippen molar-refractivity contribution in [3.8, 4) is 11.9 Å². The fourth-order valence-electron chi connectivity index (χ4n) is 1.12. The van der Waals surface area contributed by atoms with Crippen molar-refractivity contribution in [2.45, 2.75) is 0 Å². The molecular weight excluding hydrogens is 226 g/mol. The number of aryl methyl sites for hydroxylation is 1. The fraction of sp³-hybridized carbons (Fsp3) is 0.111. The van der Waals surface area contributed by atoms with E-state index in [0.717, 1.165) is 6.20 Å². The average Bonchev–Trinajstić information content (AvgIpc) is 2.67. The number of carboxylic acid groups (broad SMARTS) is 1. The number of hydrogen-bond donors (Lipinski definition) is 2. The highest BCUT2D eigenvalue weighted by atomic mass is 16.5. The van der Waals surface area contributed by atoms with E-state index < -0.39 is 5.97 Å². The summed E-state index contributed by atoms with van der Waals surface area (Å²) in [6.45, 7) is 0. The number of hydrogen-bond acceptors (Lipinski definition) is 6. The summed E-state index contributed by atoms with van der Waals surface area (Å²) in [6.07, 6.45) is 2.61. The molecule has 2 aromatic rings. The summed E-state index contributed by atoms with van der Waals surface area (Å²) in [7, 11) is 1.68. The second-order valence-corrected chi connectivity index (χ2v) is 3.23. The maximum Gasteiger partial charge on any atom is 0.342 e. The molecule has 0 aliphatic carbocycles. The minimum Gasteiger partial charge on any atom is -0.478 e. The van der Waals surface area contributed by atoms with Crippen LogP contribution >= 0.6 is 0 Å². The highest BCUT2D eigenvalue weighted by molar-refractivity contribution is 5.88. The predicted molar refractivity (Wildman–Crippen MR) is 56.7 cm³/mol. The van der Waals surface area contributed by atoms with Crippen LogP contribution in [0.1, 0.15) is 10.4 Å². The number of nitrogen functional groups attached to an aromatic ring is 1. The number of nitrogens with zero attached hydrogens (tertiary/aromatic N) is 4. The molecule has 0 saturated carbocycles. The Morgan fingerprint density at radius 1 is 1.53 bits per heavy atom. The molecule has 0 radical (unpaired) electrons. The lowest BCUT2D eigenvalue weighted by Gasteiger charge is -2.03. The van der Waals surface area contributed by atoms with Crippen molar-refractivity contribution in [3.63, 3.8) is 0 Å². The predicted octanol–water partition coefficient (Wildman–Crippen LogP) is 0.283. The summed E-state index contributed by atoms with van der Waals surface area (Å²) in [5.41, 5.74) is 5.70. The Morgan fingerprint density at radius 3 is 2.82 bits per heavy atom. The molecule has 8 heteroatoms. The molecule has 0 amide bonds. The molecule has 0 aliphatic heterocycles. The van der Waals surface area contributed by atoms with Gasteiger partial charge in [-0.1, -0.05) is 0 Å². The highest BCUT2D eigenvalue weighted by Gasteiger charge is 2.11. The number of rotatable bonds is 3. The van der Waals surface area contributed by atoms with Gasteiger partial charge in [-0.2, -0.15) is 4.98 Å². The summed E-state index contributed by atoms with van der Waals surface area (Å²) < 4.78 is 6.65. The summed E-state index contributed by atoms with van der Waals surface area (Å²) in [6, 6.07) is 1.35. The third kappa shape index (κ3) is 2.30. The van der Waals surface area contributed by atoms with Crippen molar-refractivity contribution in [1.29, 1.82) is 0 Å². The van der Waals surface area contributed by atoms with Crippen LogP contribution in [0.3, 0.4) is 0 Å². The SMILES string of the molecule is Cn1cnc(Oc2ncc(C(=O)O)cc2N)n1. The molecule has 0 spiro atoms. The van der Waals surface area contributed by atoms with E-state index in [0.29, 0.717) is 0 Å². The maximum atomic E-state index is 10.7. The molecular formula is C9H9N5O3. The topological polar surface area (TPSA) is 116 Å².